The minimum absolute atomic E-state index is 0.0615. The summed E-state index contributed by atoms with van der Waals surface area (Å²) in [5.74, 6) is -0.107. The number of aliphatic carboxylic acids is 1. The van der Waals surface area contributed by atoms with Crippen LogP contribution < -0.4 is 0 Å². The topological polar surface area (TPSA) is 94.0 Å². The summed E-state index contributed by atoms with van der Waals surface area (Å²) in [5.41, 5.74) is 0.602. The van der Waals surface area contributed by atoms with Gasteiger partial charge in [0.15, 0.2) is 0 Å². The molecule has 0 radical (unpaired) electrons. The van der Waals surface area contributed by atoms with Crippen LogP contribution in [0.2, 0.25) is 0 Å². The van der Waals surface area contributed by atoms with Crippen LogP contribution in [-0.4, -0.2) is 36.8 Å². The van der Waals surface area contributed by atoms with Crippen LogP contribution in [0.25, 0.3) is 11.6 Å². The van der Waals surface area contributed by atoms with Gasteiger partial charge in [-0.15, -0.1) is 10.2 Å². The molecule has 90 valence electrons. The first kappa shape index (κ1) is 11.6. The molecule has 0 saturated heterocycles. The third-order valence-electron chi connectivity index (χ3n) is 1.88. The maximum Gasteiger partial charge on any atom is 0.304 e. The summed E-state index contributed by atoms with van der Waals surface area (Å²) >= 11 is 1.22. The Kier molecular flexibility index (Phi) is 3.43. The van der Waals surface area contributed by atoms with Gasteiger partial charge >= 0.3 is 5.97 Å². The van der Waals surface area contributed by atoms with Crippen molar-refractivity contribution in [3.63, 3.8) is 0 Å². The normalized spacial score (nSPS) is 10.6. The predicted molar refractivity (Wildman–Crippen MR) is 59.5 cm³/mol. The molecule has 0 bridgehead atoms. The molecule has 0 saturated carbocycles. The molecule has 0 aliphatic rings. The second kappa shape index (κ2) is 5.00. The number of carboxylic acid groups (broad SMARTS) is 1. The standard InChI is InChI=1S/C9H10N4O3S/c1-13-4-2-6(12-13)8-10-11-9(16-8)17-5-3-7(14)15/h2,4H,3,5H2,1H3,(H,14,15). The molecule has 17 heavy (non-hydrogen) atoms. The highest BCUT2D eigenvalue weighted by Gasteiger charge is 2.11. The number of carbonyl (C=O) groups is 1. The molecule has 2 heterocycles. The van der Waals surface area contributed by atoms with E-state index in [9.17, 15) is 4.79 Å². The number of hydrogen-bond acceptors (Lipinski definition) is 6. The molecular weight excluding hydrogens is 244 g/mol. The van der Waals surface area contributed by atoms with Crippen LogP contribution in [0, 0.1) is 0 Å². The van der Waals surface area contributed by atoms with E-state index in [0.29, 0.717) is 22.6 Å². The van der Waals surface area contributed by atoms with Crippen molar-refractivity contribution in [1.82, 2.24) is 20.0 Å². The Morgan fingerprint density at radius 3 is 3.06 bits per heavy atom. The summed E-state index contributed by atoms with van der Waals surface area (Å²) in [6, 6.07) is 1.76. The van der Waals surface area contributed by atoms with Crippen molar-refractivity contribution < 1.29 is 14.3 Å². The zero-order valence-corrected chi connectivity index (χ0v) is 9.85. The third-order valence-corrected chi connectivity index (χ3v) is 2.70. The van der Waals surface area contributed by atoms with Crippen molar-refractivity contribution in [2.45, 2.75) is 11.6 Å². The molecule has 2 aromatic rings. The van der Waals surface area contributed by atoms with Crippen molar-refractivity contribution >= 4 is 17.7 Å². The fourth-order valence-corrected chi connectivity index (χ4v) is 1.81. The zero-order chi connectivity index (χ0) is 12.3. The molecule has 7 nitrogen and oxygen atoms in total. The molecular formula is C9H10N4O3S. The lowest BCUT2D eigenvalue weighted by molar-refractivity contribution is -0.136. The Balaban J connectivity index is 1.98. The van der Waals surface area contributed by atoms with Gasteiger partial charge in [-0.25, -0.2) is 0 Å². The monoisotopic (exact) mass is 254 g/mol. The van der Waals surface area contributed by atoms with Gasteiger partial charge in [-0.1, -0.05) is 11.8 Å². The fourth-order valence-electron chi connectivity index (χ4n) is 1.13. The predicted octanol–water partition coefficient (Wildman–Crippen LogP) is 1.04. The van der Waals surface area contributed by atoms with Gasteiger partial charge in [0, 0.05) is 19.0 Å². The van der Waals surface area contributed by atoms with Gasteiger partial charge in [0.1, 0.15) is 5.69 Å². The highest BCUT2D eigenvalue weighted by molar-refractivity contribution is 7.99. The van der Waals surface area contributed by atoms with E-state index < -0.39 is 5.97 Å². The van der Waals surface area contributed by atoms with Gasteiger partial charge < -0.3 is 9.52 Å². The molecule has 0 aliphatic carbocycles. The molecule has 2 rings (SSSR count). The van der Waals surface area contributed by atoms with Gasteiger partial charge in [-0.3, -0.25) is 9.48 Å². The Morgan fingerprint density at radius 1 is 1.59 bits per heavy atom. The average Bonchev–Trinajstić information content (AvgIpc) is 2.86. The van der Waals surface area contributed by atoms with Gasteiger partial charge in [-0.05, 0) is 6.07 Å². The summed E-state index contributed by atoms with van der Waals surface area (Å²) in [5, 5.41) is 20.6. The van der Waals surface area contributed by atoms with E-state index >= 15 is 0 Å². The van der Waals surface area contributed by atoms with Crippen LogP contribution in [0.5, 0.6) is 0 Å². The minimum atomic E-state index is -0.845. The Bertz CT molecular complexity index is 522. The van der Waals surface area contributed by atoms with E-state index in [2.05, 4.69) is 15.3 Å². The molecule has 1 N–H and O–H groups in total. The first-order chi connectivity index (χ1) is 8.15. The summed E-state index contributed by atoms with van der Waals surface area (Å²) in [4.78, 5) is 10.3. The number of rotatable bonds is 5. The lowest BCUT2D eigenvalue weighted by Crippen LogP contribution is -1.95. The maximum absolute atomic E-state index is 10.3. The molecule has 0 aromatic carbocycles. The average molecular weight is 254 g/mol. The zero-order valence-electron chi connectivity index (χ0n) is 9.03. The molecule has 2 aromatic heterocycles. The van der Waals surface area contributed by atoms with Crippen molar-refractivity contribution in [1.29, 1.82) is 0 Å². The molecule has 0 atom stereocenters. The SMILES string of the molecule is Cn1ccc(-c2nnc(SCCC(=O)O)o2)n1. The highest BCUT2D eigenvalue weighted by atomic mass is 32.2. The smallest absolute Gasteiger partial charge is 0.304 e. The van der Waals surface area contributed by atoms with Crippen molar-refractivity contribution in [3.05, 3.63) is 12.3 Å². The number of hydrogen-bond donors (Lipinski definition) is 1. The summed E-state index contributed by atoms with van der Waals surface area (Å²) in [6.45, 7) is 0. The Morgan fingerprint density at radius 2 is 2.41 bits per heavy atom. The first-order valence-electron chi connectivity index (χ1n) is 4.83. The van der Waals surface area contributed by atoms with Gasteiger partial charge in [0.05, 0.1) is 6.42 Å². The highest BCUT2D eigenvalue weighted by Crippen LogP contribution is 2.21. The Hall–Kier alpha value is -1.83. The van der Waals surface area contributed by atoms with Crippen LogP contribution in [0.3, 0.4) is 0 Å². The fraction of sp³-hybridized carbons (Fsp3) is 0.333. The second-order valence-corrected chi connectivity index (χ2v) is 4.29. The number of carboxylic acids is 1. The van der Waals surface area contributed by atoms with E-state index in [4.69, 9.17) is 9.52 Å². The molecule has 0 fully saturated rings. The lowest BCUT2D eigenvalue weighted by atomic mass is 10.4. The van der Waals surface area contributed by atoms with E-state index in [0.717, 1.165) is 0 Å². The molecule has 0 aliphatic heterocycles. The van der Waals surface area contributed by atoms with E-state index in [1.54, 1.807) is 24.0 Å². The van der Waals surface area contributed by atoms with Crippen molar-refractivity contribution in [2.24, 2.45) is 7.05 Å². The van der Waals surface area contributed by atoms with E-state index in [1.165, 1.54) is 11.8 Å². The minimum Gasteiger partial charge on any atom is -0.481 e. The number of nitrogens with zero attached hydrogens (tertiary/aromatic N) is 4. The van der Waals surface area contributed by atoms with Crippen LogP contribution in [0.4, 0.5) is 0 Å². The number of aromatic nitrogens is 4. The molecule has 8 heteroatoms. The number of thioether (sulfide) groups is 1. The van der Waals surface area contributed by atoms with Crippen molar-refractivity contribution in [3.8, 4) is 11.6 Å². The van der Waals surface area contributed by atoms with Crippen LogP contribution in [0.15, 0.2) is 21.9 Å². The maximum atomic E-state index is 10.3. The van der Waals surface area contributed by atoms with Gasteiger partial charge in [0.2, 0.25) is 0 Å². The lowest BCUT2D eigenvalue weighted by Gasteiger charge is -1.91. The summed E-state index contributed by atoms with van der Waals surface area (Å²) < 4.78 is 6.97. The van der Waals surface area contributed by atoms with Gasteiger partial charge in [0.25, 0.3) is 11.1 Å². The van der Waals surface area contributed by atoms with Crippen LogP contribution >= 0.6 is 11.8 Å². The molecule has 0 unspecified atom stereocenters. The van der Waals surface area contributed by atoms with Crippen LogP contribution in [0.1, 0.15) is 6.42 Å². The summed E-state index contributed by atoms with van der Waals surface area (Å²) in [6.07, 6.45) is 1.84. The van der Waals surface area contributed by atoms with Gasteiger partial charge in [-0.2, -0.15) is 5.10 Å². The quantitative estimate of drug-likeness (QED) is 0.796. The number of aryl methyl sites for hydroxylation is 1. The van der Waals surface area contributed by atoms with E-state index in [-0.39, 0.29) is 6.42 Å². The second-order valence-electron chi connectivity index (χ2n) is 3.24. The molecule has 0 amide bonds. The van der Waals surface area contributed by atoms with Crippen LogP contribution in [-0.2, 0) is 11.8 Å². The largest absolute Gasteiger partial charge is 0.481 e. The third kappa shape index (κ3) is 3.06. The summed E-state index contributed by atoms with van der Waals surface area (Å²) in [7, 11) is 1.79. The first-order valence-corrected chi connectivity index (χ1v) is 5.82. The Labute approximate surface area is 101 Å². The van der Waals surface area contributed by atoms with E-state index in [1.807, 2.05) is 0 Å². The van der Waals surface area contributed by atoms with Crippen molar-refractivity contribution in [2.75, 3.05) is 5.75 Å². The molecule has 0 spiro atoms.